The van der Waals surface area contributed by atoms with Gasteiger partial charge in [-0.3, -0.25) is 14.9 Å². The third-order valence-corrected chi connectivity index (χ3v) is 7.77. The fourth-order valence-electron chi connectivity index (χ4n) is 5.34. The summed E-state index contributed by atoms with van der Waals surface area (Å²) in [4.78, 5) is 41.1. The second-order valence-corrected chi connectivity index (χ2v) is 10.9. The minimum absolute atomic E-state index is 0.0880. The van der Waals surface area contributed by atoms with Gasteiger partial charge in [-0.2, -0.15) is 15.0 Å². The monoisotopic (exact) mass is 619 g/mol. The zero-order chi connectivity index (χ0) is 31.3. The molecule has 14 heteroatoms. The molecule has 5 rings (SSSR count). The zero-order valence-electron chi connectivity index (χ0n) is 25.4. The Morgan fingerprint density at radius 1 is 0.822 bits per heavy atom. The van der Waals surface area contributed by atoms with E-state index in [0.717, 1.165) is 31.6 Å². The fourth-order valence-corrected chi connectivity index (χ4v) is 5.34. The molecule has 2 heterocycles. The van der Waals surface area contributed by atoms with Crippen molar-refractivity contribution >= 4 is 35.1 Å². The van der Waals surface area contributed by atoms with Crippen molar-refractivity contribution in [3.8, 4) is 0 Å². The van der Waals surface area contributed by atoms with Crippen molar-refractivity contribution in [3.05, 3.63) is 70.3 Å². The van der Waals surface area contributed by atoms with Gasteiger partial charge in [-0.15, -0.1) is 0 Å². The van der Waals surface area contributed by atoms with E-state index in [2.05, 4.69) is 30.7 Å². The number of nitro groups is 1. The van der Waals surface area contributed by atoms with Crippen molar-refractivity contribution in [2.24, 2.45) is 0 Å². The number of hydrogen-bond acceptors (Lipinski definition) is 12. The Morgan fingerprint density at radius 3 is 2.16 bits per heavy atom. The molecule has 0 spiro atoms. The molecule has 0 atom stereocenters. The molecule has 1 saturated heterocycles. The van der Waals surface area contributed by atoms with E-state index in [9.17, 15) is 14.9 Å². The summed E-state index contributed by atoms with van der Waals surface area (Å²) in [5, 5.41) is 20.6. The fraction of sp³-hybridized carbons (Fsp3) is 0.484. The van der Waals surface area contributed by atoms with Gasteiger partial charge in [0.15, 0.2) is 0 Å². The van der Waals surface area contributed by atoms with Crippen LogP contribution >= 0.6 is 0 Å². The molecule has 0 radical (unpaired) electrons. The molecule has 2 fully saturated rings. The normalized spacial score (nSPS) is 15.2. The molecular weight excluding hydrogens is 578 g/mol. The number of non-ortho nitro benzene ring substituents is 1. The van der Waals surface area contributed by atoms with Crippen LogP contribution in [0.25, 0.3) is 0 Å². The summed E-state index contributed by atoms with van der Waals surface area (Å²) in [5.41, 5.74) is 1.68. The van der Waals surface area contributed by atoms with Gasteiger partial charge in [0.1, 0.15) is 0 Å². The highest BCUT2D eigenvalue weighted by atomic mass is 16.6. The molecule has 1 aromatic heterocycles. The summed E-state index contributed by atoms with van der Waals surface area (Å²) in [7, 11) is 0. The predicted molar refractivity (Wildman–Crippen MR) is 172 cm³/mol. The molecule has 3 N–H and O–H groups in total. The van der Waals surface area contributed by atoms with Gasteiger partial charge in [-0.25, -0.2) is 0 Å². The van der Waals surface area contributed by atoms with Crippen LogP contribution in [0.5, 0.6) is 0 Å². The average Bonchev–Trinajstić information content (AvgIpc) is 3.59. The molecule has 0 unspecified atom stereocenters. The van der Waals surface area contributed by atoms with Crippen molar-refractivity contribution in [1.29, 1.82) is 0 Å². The summed E-state index contributed by atoms with van der Waals surface area (Å²) in [6.45, 7) is 5.59. The van der Waals surface area contributed by atoms with E-state index in [4.69, 9.17) is 19.4 Å². The number of hydrogen-bond donors (Lipinski definition) is 3. The van der Waals surface area contributed by atoms with Gasteiger partial charge < -0.3 is 35.2 Å². The molecule has 14 nitrogen and oxygen atoms in total. The Bertz CT molecular complexity index is 1370. The number of nitrogens with zero attached hydrogens (tertiary/aromatic N) is 6. The topological polar surface area (TPSA) is 160 Å². The third-order valence-electron chi connectivity index (χ3n) is 7.77. The Morgan fingerprint density at radius 2 is 1.47 bits per heavy atom. The van der Waals surface area contributed by atoms with E-state index in [-0.39, 0.29) is 16.5 Å². The Labute approximate surface area is 262 Å². The first-order valence-electron chi connectivity index (χ1n) is 15.5. The number of piperazine rings is 1. The predicted octanol–water partition coefficient (Wildman–Crippen LogP) is 3.34. The van der Waals surface area contributed by atoms with Crippen LogP contribution in [-0.2, 0) is 9.47 Å². The van der Waals surface area contributed by atoms with Crippen molar-refractivity contribution in [3.63, 3.8) is 0 Å². The number of amides is 1. The van der Waals surface area contributed by atoms with E-state index >= 15 is 0 Å². The van der Waals surface area contributed by atoms with E-state index in [1.807, 2.05) is 18.2 Å². The van der Waals surface area contributed by atoms with Crippen LogP contribution in [0.4, 0.5) is 29.2 Å². The first-order chi connectivity index (χ1) is 22.0. The largest absolute Gasteiger partial charge is 0.377 e. The highest BCUT2D eigenvalue weighted by Gasteiger charge is 2.23. The van der Waals surface area contributed by atoms with Crippen LogP contribution in [0.15, 0.2) is 54.6 Å². The molecule has 1 aliphatic carbocycles. The molecule has 1 aliphatic heterocycles. The second-order valence-electron chi connectivity index (χ2n) is 10.9. The van der Waals surface area contributed by atoms with Gasteiger partial charge in [-0.1, -0.05) is 31.0 Å². The minimum Gasteiger partial charge on any atom is -0.377 e. The number of benzene rings is 2. The third kappa shape index (κ3) is 9.71. The number of rotatable bonds is 16. The standard InChI is InChI=1S/C31H41N9O5/c41-28(24-6-2-1-3-7-24)32-14-20-44-22-23-45-21-15-33-29-35-30(34-25-8-4-5-9-25)37-31(36-29)39-18-16-38(17-19-39)26-10-12-27(13-11-26)40(42)43/h1-3,6-7,10-13,25H,4-5,8-9,14-23H2,(H,32,41)(H2,33,34,35,36,37). The Kier molecular flexibility index (Phi) is 11.7. The van der Waals surface area contributed by atoms with E-state index in [0.29, 0.717) is 82.1 Å². The van der Waals surface area contributed by atoms with Crippen LogP contribution in [0.1, 0.15) is 36.0 Å². The van der Waals surface area contributed by atoms with Gasteiger partial charge >= 0.3 is 0 Å². The Balaban J connectivity index is 1.05. The molecule has 2 aromatic carbocycles. The highest BCUT2D eigenvalue weighted by Crippen LogP contribution is 2.24. The maximum Gasteiger partial charge on any atom is 0.269 e. The molecule has 2 aliphatic rings. The number of ether oxygens (including phenoxy) is 2. The Hall–Kier alpha value is -4.56. The molecule has 3 aromatic rings. The first-order valence-corrected chi connectivity index (χ1v) is 15.5. The van der Waals surface area contributed by atoms with Crippen LogP contribution in [0.2, 0.25) is 0 Å². The SMILES string of the molecule is O=C(NCCOCCOCCNc1nc(NC2CCCC2)nc(N2CCN(c3ccc([N+](=O)[O-])cc3)CC2)n1)c1ccccc1. The summed E-state index contributed by atoms with van der Waals surface area (Å²) >= 11 is 0. The molecule has 0 bridgehead atoms. The molecule has 1 saturated carbocycles. The highest BCUT2D eigenvalue weighted by molar-refractivity contribution is 5.94. The number of carbonyl (C=O) groups excluding carboxylic acids is 1. The number of anilines is 4. The van der Waals surface area contributed by atoms with Crippen LogP contribution in [-0.4, -0.2) is 97.5 Å². The summed E-state index contributed by atoms with van der Waals surface area (Å²) in [6, 6.07) is 16.1. The van der Waals surface area contributed by atoms with Crippen molar-refractivity contribution in [2.45, 2.75) is 31.7 Å². The van der Waals surface area contributed by atoms with E-state index < -0.39 is 0 Å². The van der Waals surface area contributed by atoms with Gasteiger partial charge in [-0.05, 0) is 37.1 Å². The number of aromatic nitrogens is 3. The summed E-state index contributed by atoms with van der Waals surface area (Å²) in [5.74, 6) is 1.56. The van der Waals surface area contributed by atoms with Gasteiger partial charge in [0.25, 0.3) is 11.6 Å². The molecule has 240 valence electrons. The van der Waals surface area contributed by atoms with Crippen molar-refractivity contribution in [1.82, 2.24) is 20.3 Å². The number of nitrogens with one attached hydrogen (secondary N) is 3. The average molecular weight is 620 g/mol. The summed E-state index contributed by atoms with van der Waals surface area (Å²) < 4.78 is 11.3. The minimum atomic E-state index is -0.384. The lowest BCUT2D eigenvalue weighted by Gasteiger charge is -2.36. The lowest BCUT2D eigenvalue weighted by Crippen LogP contribution is -2.47. The molecule has 1 amide bonds. The van der Waals surface area contributed by atoms with Crippen LogP contribution < -0.4 is 25.8 Å². The smallest absolute Gasteiger partial charge is 0.269 e. The van der Waals surface area contributed by atoms with E-state index in [1.54, 1.807) is 36.4 Å². The lowest BCUT2D eigenvalue weighted by atomic mass is 10.2. The lowest BCUT2D eigenvalue weighted by molar-refractivity contribution is -0.384. The quantitative estimate of drug-likeness (QED) is 0.122. The summed E-state index contributed by atoms with van der Waals surface area (Å²) in [6.07, 6.45) is 4.61. The van der Waals surface area contributed by atoms with Crippen LogP contribution in [0.3, 0.4) is 0 Å². The van der Waals surface area contributed by atoms with E-state index in [1.165, 1.54) is 12.8 Å². The zero-order valence-corrected chi connectivity index (χ0v) is 25.4. The van der Waals surface area contributed by atoms with Crippen molar-refractivity contribution < 1.29 is 19.2 Å². The molecular formula is C31H41N9O5. The molecule has 45 heavy (non-hydrogen) atoms. The number of carbonyl (C=O) groups is 1. The first kappa shape index (κ1) is 31.9. The van der Waals surface area contributed by atoms with Gasteiger partial charge in [0, 0.05) is 68.7 Å². The maximum atomic E-state index is 12.0. The second kappa shape index (κ2) is 16.5. The van der Waals surface area contributed by atoms with Crippen LogP contribution in [0, 0.1) is 10.1 Å². The van der Waals surface area contributed by atoms with Gasteiger partial charge in [0.2, 0.25) is 17.8 Å². The van der Waals surface area contributed by atoms with Gasteiger partial charge in [0.05, 0.1) is 31.4 Å². The van der Waals surface area contributed by atoms with Crippen molar-refractivity contribution in [2.75, 3.05) is 86.1 Å². The maximum absolute atomic E-state index is 12.0. The number of nitro benzene ring substituents is 1.